The molecule has 0 amide bonds. The van der Waals surface area contributed by atoms with Gasteiger partial charge in [-0.25, -0.2) is 0 Å². The highest BCUT2D eigenvalue weighted by Crippen LogP contribution is 2.02. The van der Waals surface area contributed by atoms with Crippen LogP contribution in [0.4, 0.5) is 0 Å². The summed E-state index contributed by atoms with van der Waals surface area (Å²) in [6.45, 7) is 1.40. The zero-order valence-electron chi connectivity index (χ0n) is 6.42. The third-order valence-corrected chi connectivity index (χ3v) is 2.24. The van der Waals surface area contributed by atoms with Gasteiger partial charge in [0.2, 0.25) is 0 Å². The van der Waals surface area contributed by atoms with Crippen molar-refractivity contribution < 1.29 is 5.02 Å². The van der Waals surface area contributed by atoms with Gasteiger partial charge in [0.15, 0.2) is 0 Å². The molecule has 0 aliphatic rings. The summed E-state index contributed by atoms with van der Waals surface area (Å²) in [6, 6.07) is 7.91. The summed E-state index contributed by atoms with van der Waals surface area (Å²) in [7, 11) is 0. The molecule has 0 bridgehead atoms. The van der Waals surface area contributed by atoms with Gasteiger partial charge >= 0.3 is 6.92 Å². The lowest BCUT2D eigenvalue weighted by molar-refractivity contribution is 0.594. The molecule has 1 rings (SSSR count). The summed E-state index contributed by atoms with van der Waals surface area (Å²) in [5.74, 6) is 0. The molecule has 58 valence electrons. The number of alkyl halides is 1. The average molecular weight is 213 g/mol. The van der Waals surface area contributed by atoms with Crippen LogP contribution in [0.25, 0.3) is 0 Å². The standard InChI is InChI=1S/C8H10BBrO/c1-9(11)8-4-2-3-7(5-8)6-10/h2-5,11H,6H2,1H3. The van der Waals surface area contributed by atoms with E-state index in [1.807, 2.05) is 24.3 Å². The van der Waals surface area contributed by atoms with E-state index in [1.165, 1.54) is 5.56 Å². The second-order valence-corrected chi connectivity index (χ2v) is 3.12. The molecule has 0 aromatic heterocycles. The highest BCUT2D eigenvalue weighted by molar-refractivity contribution is 9.08. The SMILES string of the molecule is CB(O)c1cccc(CBr)c1. The van der Waals surface area contributed by atoms with E-state index < -0.39 is 0 Å². The van der Waals surface area contributed by atoms with E-state index >= 15 is 0 Å². The van der Waals surface area contributed by atoms with Gasteiger partial charge in [0.05, 0.1) is 0 Å². The monoisotopic (exact) mass is 212 g/mol. The molecule has 0 spiro atoms. The fourth-order valence-corrected chi connectivity index (χ4v) is 1.28. The van der Waals surface area contributed by atoms with E-state index in [2.05, 4.69) is 15.9 Å². The molecule has 0 saturated carbocycles. The van der Waals surface area contributed by atoms with Gasteiger partial charge < -0.3 is 5.02 Å². The van der Waals surface area contributed by atoms with Crippen molar-refractivity contribution in [1.29, 1.82) is 0 Å². The Morgan fingerprint density at radius 3 is 2.82 bits per heavy atom. The van der Waals surface area contributed by atoms with Crippen LogP contribution in [-0.2, 0) is 5.33 Å². The molecule has 0 saturated heterocycles. The quantitative estimate of drug-likeness (QED) is 0.581. The van der Waals surface area contributed by atoms with E-state index in [4.69, 9.17) is 0 Å². The zero-order chi connectivity index (χ0) is 8.27. The Balaban J connectivity index is 2.91. The number of benzene rings is 1. The summed E-state index contributed by atoms with van der Waals surface area (Å²) < 4.78 is 0. The average Bonchev–Trinajstić information content (AvgIpc) is 2.05. The minimum absolute atomic E-state index is 0.367. The Kier molecular flexibility index (Phi) is 3.15. The Labute approximate surface area is 75.7 Å². The van der Waals surface area contributed by atoms with Crippen LogP contribution in [0.2, 0.25) is 6.82 Å². The highest BCUT2D eigenvalue weighted by Gasteiger charge is 2.05. The van der Waals surface area contributed by atoms with Crippen molar-refractivity contribution in [3.8, 4) is 0 Å². The first-order valence-corrected chi connectivity index (χ1v) is 4.69. The summed E-state index contributed by atoms with van der Waals surface area (Å²) in [5.41, 5.74) is 2.17. The van der Waals surface area contributed by atoms with E-state index in [-0.39, 0.29) is 6.92 Å². The minimum Gasteiger partial charge on any atom is -0.447 e. The van der Waals surface area contributed by atoms with Gasteiger partial charge in [0.1, 0.15) is 0 Å². The molecule has 1 aromatic rings. The molecule has 1 nitrogen and oxygen atoms in total. The van der Waals surface area contributed by atoms with Crippen molar-refractivity contribution in [1.82, 2.24) is 0 Å². The first-order valence-electron chi connectivity index (χ1n) is 3.57. The Hall–Kier alpha value is -0.275. The number of rotatable bonds is 2. The van der Waals surface area contributed by atoms with Crippen molar-refractivity contribution in [3.05, 3.63) is 29.8 Å². The highest BCUT2D eigenvalue weighted by atomic mass is 79.9. The van der Waals surface area contributed by atoms with E-state index in [0.717, 1.165) is 10.8 Å². The van der Waals surface area contributed by atoms with Crippen molar-refractivity contribution in [2.75, 3.05) is 0 Å². The topological polar surface area (TPSA) is 20.2 Å². The molecule has 0 aliphatic carbocycles. The van der Waals surface area contributed by atoms with Gasteiger partial charge in [-0.3, -0.25) is 0 Å². The van der Waals surface area contributed by atoms with E-state index in [9.17, 15) is 5.02 Å². The normalized spacial score (nSPS) is 9.73. The fourth-order valence-electron chi connectivity index (χ4n) is 0.936. The van der Waals surface area contributed by atoms with Gasteiger partial charge in [-0.1, -0.05) is 47.0 Å². The Morgan fingerprint density at radius 1 is 1.55 bits per heavy atom. The number of hydrogen-bond donors (Lipinski definition) is 1. The maximum absolute atomic E-state index is 9.23. The van der Waals surface area contributed by atoms with Crippen molar-refractivity contribution in [2.24, 2.45) is 0 Å². The molecule has 0 radical (unpaired) electrons. The van der Waals surface area contributed by atoms with Gasteiger partial charge in [0.25, 0.3) is 0 Å². The molecule has 0 atom stereocenters. The molecule has 0 aliphatic heterocycles. The van der Waals surface area contributed by atoms with Crippen LogP contribution >= 0.6 is 15.9 Å². The molecule has 0 unspecified atom stereocenters. The lowest BCUT2D eigenvalue weighted by Crippen LogP contribution is -2.26. The van der Waals surface area contributed by atoms with Crippen LogP contribution in [0.3, 0.4) is 0 Å². The minimum atomic E-state index is -0.367. The summed E-state index contributed by atoms with van der Waals surface area (Å²) >= 11 is 3.36. The molecule has 11 heavy (non-hydrogen) atoms. The van der Waals surface area contributed by atoms with Crippen LogP contribution in [0.1, 0.15) is 5.56 Å². The lowest BCUT2D eigenvalue weighted by Gasteiger charge is -2.01. The maximum atomic E-state index is 9.23. The van der Waals surface area contributed by atoms with Crippen LogP contribution in [0.15, 0.2) is 24.3 Å². The van der Waals surface area contributed by atoms with Gasteiger partial charge in [-0.2, -0.15) is 0 Å². The van der Waals surface area contributed by atoms with Crippen molar-refractivity contribution >= 4 is 28.3 Å². The Bertz CT molecular complexity index is 237. The van der Waals surface area contributed by atoms with Gasteiger partial charge in [-0.15, -0.1) is 0 Å². The fraction of sp³-hybridized carbons (Fsp3) is 0.250. The van der Waals surface area contributed by atoms with Gasteiger partial charge in [0, 0.05) is 5.33 Å². The first kappa shape index (κ1) is 8.82. The molecular formula is C8H10BBrO. The molecule has 1 N–H and O–H groups in total. The smallest absolute Gasteiger partial charge is 0.320 e. The van der Waals surface area contributed by atoms with Crippen LogP contribution in [0.5, 0.6) is 0 Å². The molecule has 3 heteroatoms. The van der Waals surface area contributed by atoms with Crippen molar-refractivity contribution in [3.63, 3.8) is 0 Å². The molecular weight excluding hydrogens is 203 g/mol. The Morgan fingerprint density at radius 2 is 2.27 bits per heavy atom. The lowest BCUT2D eigenvalue weighted by atomic mass is 9.64. The van der Waals surface area contributed by atoms with Crippen molar-refractivity contribution in [2.45, 2.75) is 12.2 Å². The van der Waals surface area contributed by atoms with Gasteiger partial charge in [-0.05, 0) is 11.0 Å². The molecule has 1 aromatic carbocycles. The van der Waals surface area contributed by atoms with E-state index in [0.29, 0.717) is 0 Å². The van der Waals surface area contributed by atoms with Crippen LogP contribution < -0.4 is 5.46 Å². The molecule has 0 heterocycles. The summed E-state index contributed by atoms with van der Waals surface area (Å²) in [6.07, 6.45) is 0. The summed E-state index contributed by atoms with van der Waals surface area (Å²) in [4.78, 5) is 0. The predicted octanol–water partition coefficient (Wildman–Crippen LogP) is 1.40. The third-order valence-electron chi connectivity index (χ3n) is 1.59. The maximum Gasteiger partial charge on any atom is 0.320 e. The number of halogens is 1. The zero-order valence-corrected chi connectivity index (χ0v) is 8.01. The second kappa shape index (κ2) is 3.93. The van der Waals surface area contributed by atoms with Crippen LogP contribution in [-0.4, -0.2) is 11.9 Å². The summed E-state index contributed by atoms with van der Waals surface area (Å²) in [5, 5.41) is 10.1. The second-order valence-electron chi connectivity index (χ2n) is 2.55. The largest absolute Gasteiger partial charge is 0.447 e. The van der Waals surface area contributed by atoms with E-state index in [1.54, 1.807) is 6.82 Å². The number of hydrogen-bond acceptors (Lipinski definition) is 1. The third kappa shape index (κ3) is 2.35. The predicted molar refractivity (Wildman–Crippen MR) is 52.5 cm³/mol. The first-order chi connectivity index (χ1) is 5.24. The van der Waals surface area contributed by atoms with Crippen LogP contribution in [0, 0.1) is 0 Å². The molecule has 0 fully saturated rings.